The highest BCUT2D eigenvalue weighted by molar-refractivity contribution is 7.13. The van der Waals surface area contributed by atoms with E-state index in [0.29, 0.717) is 0 Å². The van der Waals surface area contributed by atoms with Crippen molar-refractivity contribution in [2.45, 2.75) is 132 Å². The van der Waals surface area contributed by atoms with E-state index in [1.54, 1.807) is 11.3 Å². The van der Waals surface area contributed by atoms with Crippen LogP contribution in [0.4, 0.5) is 0 Å². The molecule has 0 amide bonds. The van der Waals surface area contributed by atoms with E-state index < -0.39 is 0 Å². The van der Waals surface area contributed by atoms with Gasteiger partial charge in [0, 0.05) is 33.8 Å². The number of hydrogen-bond acceptors (Lipinski definition) is 3. The molecular weight excluding hydrogens is 472 g/mol. The maximum atomic E-state index is 4.76. The van der Waals surface area contributed by atoms with Gasteiger partial charge in [-0.25, -0.2) is 0 Å². The first-order valence-corrected chi connectivity index (χ1v) is 14.5. The monoisotopic (exact) mass is 522 g/mol. The molecule has 0 aliphatic heterocycles. The summed E-state index contributed by atoms with van der Waals surface area (Å²) in [6.07, 6.45) is 0.861. The first-order valence-electron chi connectivity index (χ1n) is 13.7. The van der Waals surface area contributed by atoms with Crippen molar-refractivity contribution < 1.29 is 9.13 Å². The molecule has 4 nitrogen and oxygen atoms in total. The van der Waals surface area contributed by atoms with Crippen LogP contribution < -0.4 is 9.13 Å². The molecule has 3 heterocycles. The lowest BCUT2D eigenvalue weighted by atomic mass is 9.85. The van der Waals surface area contributed by atoms with E-state index in [1.165, 1.54) is 33.9 Å². The van der Waals surface area contributed by atoms with E-state index in [0.717, 1.165) is 23.1 Å². The summed E-state index contributed by atoms with van der Waals surface area (Å²) in [5.74, 6) is 0. The number of nitrogens with zero attached hydrogens (tertiary/aromatic N) is 4. The lowest BCUT2D eigenvalue weighted by Gasteiger charge is -2.26. The summed E-state index contributed by atoms with van der Waals surface area (Å²) in [5, 5.41) is 11.5. The highest BCUT2D eigenvalue weighted by Crippen LogP contribution is 2.29. The minimum atomic E-state index is -0.0151. The van der Waals surface area contributed by atoms with Gasteiger partial charge < -0.3 is 0 Å². The van der Waals surface area contributed by atoms with Crippen LogP contribution in [0.15, 0.2) is 24.3 Å². The number of aryl methyl sites for hydroxylation is 3. The summed E-state index contributed by atoms with van der Waals surface area (Å²) in [6, 6.07) is 9.33. The average Bonchev–Trinajstić information content (AvgIpc) is 3.17. The van der Waals surface area contributed by atoms with E-state index >= 15 is 0 Å². The van der Waals surface area contributed by atoms with Gasteiger partial charge in [0.15, 0.2) is 22.9 Å². The van der Waals surface area contributed by atoms with E-state index in [4.69, 9.17) is 10.2 Å². The second kappa shape index (κ2) is 9.87. The quantitative estimate of drug-likeness (QED) is 0.341. The van der Waals surface area contributed by atoms with Crippen LogP contribution in [0.3, 0.4) is 0 Å². The van der Waals surface area contributed by atoms with Crippen molar-refractivity contribution >= 4 is 11.3 Å². The molecule has 0 aromatic carbocycles. The van der Waals surface area contributed by atoms with Crippen LogP contribution in [-0.4, -0.2) is 10.2 Å². The van der Waals surface area contributed by atoms with Gasteiger partial charge >= 0.3 is 5.13 Å². The largest absolute Gasteiger partial charge is 0.415 e. The van der Waals surface area contributed by atoms with Gasteiger partial charge in [0.2, 0.25) is 0 Å². The molecule has 3 aromatic heterocycles. The SMILES string of the molecule is Cc1cc(C(C)(C)C)[n+](CCc2nnc(-[n+]3c(C(C)(C)C)cc(C)cc3C(C)(C)C)s2)c(C(C)(C)C)c1. The highest BCUT2D eigenvalue weighted by Gasteiger charge is 2.36. The average molecular weight is 523 g/mol. The van der Waals surface area contributed by atoms with Crippen LogP contribution in [0.25, 0.3) is 5.13 Å². The zero-order valence-electron chi connectivity index (χ0n) is 25.9. The number of pyridine rings is 2. The van der Waals surface area contributed by atoms with Gasteiger partial charge in [-0.05, 0) is 53.5 Å². The van der Waals surface area contributed by atoms with Crippen molar-refractivity contribution in [2.24, 2.45) is 0 Å². The Morgan fingerprint density at radius 3 is 1.35 bits per heavy atom. The number of aromatic nitrogens is 4. The fourth-order valence-electron chi connectivity index (χ4n) is 4.93. The highest BCUT2D eigenvalue weighted by atomic mass is 32.1. The second-order valence-electron chi connectivity index (χ2n) is 14.8. The van der Waals surface area contributed by atoms with Gasteiger partial charge in [0.25, 0.3) is 0 Å². The first kappa shape index (κ1) is 29.4. The molecule has 0 fully saturated rings. The summed E-state index contributed by atoms with van der Waals surface area (Å²) in [4.78, 5) is 0. The Labute approximate surface area is 230 Å². The van der Waals surface area contributed by atoms with E-state index in [1.807, 2.05) is 0 Å². The summed E-state index contributed by atoms with van der Waals surface area (Å²) in [7, 11) is 0. The lowest BCUT2D eigenvalue weighted by Crippen LogP contribution is -2.50. The molecule has 0 aliphatic carbocycles. The molecule has 0 aliphatic rings. The van der Waals surface area contributed by atoms with E-state index in [-0.39, 0.29) is 21.7 Å². The van der Waals surface area contributed by atoms with Crippen molar-refractivity contribution in [1.82, 2.24) is 10.2 Å². The van der Waals surface area contributed by atoms with E-state index in [2.05, 4.69) is 130 Å². The first-order chi connectivity index (χ1) is 16.7. The minimum Gasteiger partial charge on any atom is -0.198 e. The van der Waals surface area contributed by atoms with Crippen molar-refractivity contribution in [3.05, 3.63) is 63.2 Å². The van der Waals surface area contributed by atoms with Gasteiger partial charge in [0.1, 0.15) is 11.4 Å². The Bertz CT molecular complexity index is 1200. The Morgan fingerprint density at radius 2 is 0.973 bits per heavy atom. The Kier molecular flexibility index (Phi) is 7.85. The molecular formula is C32H50N4S+2. The molecule has 202 valence electrons. The third-order valence-electron chi connectivity index (χ3n) is 6.79. The molecule has 3 rings (SSSR count). The summed E-state index contributed by atoms with van der Waals surface area (Å²) >= 11 is 1.73. The second-order valence-corrected chi connectivity index (χ2v) is 15.9. The Hall–Kier alpha value is -2.14. The third-order valence-corrected chi connectivity index (χ3v) is 7.76. The Morgan fingerprint density at radius 1 is 0.595 bits per heavy atom. The smallest absolute Gasteiger partial charge is 0.198 e. The summed E-state index contributed by atoms with van der Waals surface area (Å²) in [6.45, 7) is 32.8. The van der Waals surface area contributed by atoms with Crippen molar-refractivity contribution in [1.29, 1.82) is 0 Å². The van der Waals surface area contributed by atoms with Crippen LogP contribution in [0.1, 0.15) is 122 Å². The maximum Gasteiger partial charge on any atom is 0.415 e. The lowest BCUT2D eigenvalue weighted by molar-refractivity contribution is -0.716. The fourth-order valence-corrected chi connectivity index (χ4v) is 5.78. The van der Waals surface area contributed by atoms with Crippen molar-refractivity contribution in [3.8, 4) is 5.13 Å². The number of rotatable bonds is 4. The van der Waals surface area contributed by atoms with Gasteiger partial charge in [-0.1, -0.05) is 83.1 Å². The van der Waals surface area contributed by atoms with Gasteiger partial charge in [-0.15, -0.1) is 0 Å². The normalized spacial score (nSPS) is 13.4. The zero-order chi connectivity index (χ0) is 28.1. The molecule has 0 N–H and O–H groups in total. The summed E-state index contributed by atoms with van der Waals surface area (Å²) < 4.78 is 4.91. The molecule has 5 heteroatoms. The van der Waals surface area contributed by atoms with Crippen LogP contribution in [0.5, 0.6) is 0 Å². The minimum absolute atomic E-state index is 0.0151. The third kappa shape index (κ3) is 6.66. The maximum absolute atomic E-state index is 4.76. The van der Waals surface area contributed by atoms with Gasteiger partial charge in [-0.2, -0.15) is 9.13 Å². The van der Waals surface area contributed by atoms with Crippen LogP contribution in [-0.2, 0) is 34.6 Å². The molecule has 0 radical (unpaired) electrons. The van der Waals surface area contributed by atoms with Crippen LogP contribution in [0, 0.1) is 13.8 Å². The summed E-state index contributed by atoms with van der Waals surface area (Å²) in [5.41, 5.74) is 7.99. The molecule has 0 unspecified atom stereocenters. The van der Waals surface area contributed by atoms with Crippen molar-refractivity contribution in [3.63, 3.8) is 0 Å². The van der Waals surface area contributed by atoms with Crippen LogP contribution >= 0.6 is 11.3 Å². The fraction of sp³-hybridized carbons (Fsp3) is 0.625. The molecule has 3 aromatic rings. The zero-order valence-corrected chi connectivity index (χ0v) is 26.7. The van der Waals surface area contributed by atoms with Crippen LogP contribution in [0.2, 0.25) is 0 Å². The molecule has 0 bridgehead atoms. The predicted molar refractivity (Wildman–Crippen MR) is 156 cm³/mol. The topological polar surface area (TPSA) is 33.5 Å². The number of hydrogen-bond donors (Lipinski definition) is 0. The van der Waals surface area contributed by atoms with Crippen molar-refractivity contribution in [2.75, 3.05) is 0 Å². The van der Waals surface area contributed by atoms with Gasteiger partial charge in [-0.3, -0.25) is 0 Å². The molecule has 37 heavy (non-hydrogen) atoms. The van der Waals surface area contributed by atoms with Gasteiger partial charge in [0.05, 0.1) is 11.5 Å². The molecule has 0 saturated carbocycles. The molecule has 0 atom stereocenters. The Balaban J connectivity index is 2.09. The molecule has 0 spiro atoms. The van der Waals surface area contributed by atoms with E-state index in [9.17, 15) is 0 Å². The predicted octanol–water partition coefficient (Wildman–Crippen LogP) is 7.15. The standard InChI is InChI=1S/C32H50N4S/c1-21-17-23(29(3,4)5)35(24(18-21)30(6,7)8)16-15-27-33-34-28(37-27)36-25(31(9,10)11)19-22(2)20-26(36)32(12,13)14/h17-20H,15-16H2,1-14H3/q+2. The molecule has 0 saturated heterocycles.